The van der Waals surface area contributed by atoms with Crippen LogP contribution in [0.15, 0.2) is 54.9 Å². The summed E-state index contributed by atoms with van der Waals surface area (Å²) in [4.78, 5) is 8.67. The lowest BCUT2D eigenvalue weighted by Gasteiger charge is -2.37. The highest BCUT2D eigenvalue weighted by Crippen LogP contribution is 2.33. The molecule has 0 bridgehead atoms. The molecule has 0 aliphatic carbocycles. The third-order valence-corrected chi connectivity index (χ3v) is 5.63. The van der Waals surface area contributed by atoms with Crippen LogP contribution < -0.4 is 4.90 Å². The van der Waals surface area contributed by atoms with Crippen LogP contribution in [0.2, 0.25) is 0 Å². The van der Waals surface area contributed by atoms with Crippen molar-refractivity contribution in [3.05, 3.63) is 83.2 Å². The van der Waals surface area contributed by atoms with Crippen LogP contribution in [0.3, 0.4) is 0 Å². The Morgan fingerprint density at radius 3 is 2.45 bits per heavy atom. The second-order valence-corrected chi connectivity index (χ2v) is 7.73. The van der Waals surface area contributed by atoms with Crippen LogP contribution >= 0.6 is 0 Å². The molecule has 4 rings (SSSR count). The van der Waals surface area contributed by atoms with E-state index in [1.807, 2.05) is 11.9 Å². The quantitative estimate of drug-likeness (QED) is 0.721. The van der Waals surface area contributed by atoms with Crippen molar-refractivity contribution in [2.24, 2.45) is 7.05 Å². The summed E-state index contributed by atoms with van der Waals surface area (Å²) < 4.78 is 16.6. The van der Waals surface area contributed by atoms with Crippen molar-refractivity contribution >= 4 is 5.69 Å². The van der Waals surface area contributed by atoms with E-state index in [9.17, 15) is 9.50 Å². The average Bonchev–Trinajstić information content (AvgIpc) is 3.16. The fourth-order valence-electron chi connectivity index (χ4n) is 3.95. The summed E-state index contributed by atoms with van der Waals surface area (Å²) in [7, 11) is 1.83. The van der Waals surface area contributed by atoms with E-state index in [-0.39, 0.29) is 5.82 Å². The summed E-state index contributed by atoms with van der Waals surface area (Å²) in [6, 6.07) is 13.5. The lowest BCUT2D eigenvalue weighted by atomic mass is 10.0. The largest absolute Gasteiger partial charge is 0.380 e. The van der Waals surface area contributed by atoms with Gasteiger partial charge in [-0.25, -0.2) is 9.37 Å². The molecule has 29 heavy (non-hydrogen) atoms. The van der Waals surface area contributed by atoms with E-state index in [2.05, 4.69) is 41.1 Å². The number of benzene rings is 2. The van der Waals surface area contributed by atoms with Gasteiger partial charge in [-0.15, -0.1) is 0 Å². The molecule has 5 nitrogen and oxygen atoms in total. The lowest BCUT2D eigenvalue weighted by Crippen LogP contribution is -2.46. The van der Waals surface area contributed by atoms with E-state index >= 15 is 0 Å². The van der Waals surface area contributed by atoms with Crippen molar-refractivity contribution in [3.8, 4) is 0 Å². The molecule has 2 heterocycles. The zero-order valence-electron chi connectivity index (χ0n) is 16.9. The van der Waals surface area contributed by atoms with Crippen molar-refractivity contribution in [1.82, 2.24) is 14.5 Å². The predicted molar refractivity (Wildman–Crippen MR) is 112 cm³/mol. The molecule has 1 fully saturated rings. The van der Waals surface area contributed by atoms with Crippen molar-refractivity contribution < 1.29 is 9.50 Å². The molecule has 0 radical (unpaired) electrons. The van der Waals surface area contributed by atoms with E-state index in [4.69, 9.17) is 0 Å². The molecule has 2 aromatic carbocycles. The first-order chi connectivity index (χ1) is 14.0. The van der Waals surface area contributed by atoms with Gasteiger partial charge in [-0.1, -0.05) is 42.0 Å². The van der Waals surface area contributed by atoms with Gasteiger partial charge >= 0.3 is 0 Å². The molecule has 1 unspecified atom stereocenters. The van der Waals surface area contributed by atoms with Gasteiger partial charge in [0, 0.05) is 57.7 Å². The Kier molecular flexibility index (Phi) is 5.65. The van der Waals surface area contributed by atoms with Crippen LogP contribution in [0.4, 0.5) is 10.1 Å². The van der Waals surface area contributed by atoms with Gasteiger partial charge in [0.25, 0.3) is 0 Å². The minimum Gasteiger partial charge on any atom is -0.380 e. The number of piperazine rings is 1. The maximum absolute atomic E-state index is 14.8. The number of rotatable bonds is 5. The second kappa shape index (κ2) is 8.35. The van der Waals surface area contributed by atoms with Gasteiger partial charge in [0.05, 0.1) is 5.69 Å². The number of nitrogens with zero attached hydrogens (tertiary/aromatic N) is 4. The molecule has 1 saturated heterocycles. The van der Waals surface area contributed by atoms with E-state index in [1.54, 1.807) is 29.1 Å². The maximum Gasteiger partial charge on any atom is 0.146 e. The van der Waals surface area contributed by atoms with Gasteiger partial charge in [0.15, 0.2) is 0 Å². The van der Waals surface area contributed by atoms with Gasteiger partial charge in [-0.05, 0) is 18.6 Å². The van der Waals surface area contributed by atoms with E-state index in [0.29, 0.717) is 30.2 Å². The summed E-state index contributed by atoms with van der Waals surface area (Å²) in [5.41, 5.74) is 3.60. The monoisotopic (exact) mass is 394 g/mol. The number of aliphatic hydroxyl groups is 1. The van der Waals surface area contributed by atoms with Crippen LogP contribution in [0.5, 0.6) is 0 Å². The van der Waals surface area contributed by atoms with Gasteiger partial charge in [-0.3, -0.25) is 4.90 Å². The molecule has 152 valence electrons. The Morgan fingerprint density at radius 2 is 1.79 bits per heavy atom. The van der Waals surface area contributed by atoms with Crippen LogP contribution in [0, 0.1) is 12.7 Å². The standard InChI is InChI=1S/C23H27FN4O/c1-17-6-8-18(9-7-17)16-27-12-14-28(15-13-27)21-19(4-3-5-20(21)24)22(29)23-25-10-11-26(23)2/h3-11,22,29H,12-16H2,1-2H3. The van der Waals surface area contributed by atoms with Crippen molar-refractivity contribution in [2.45, 2.75) is 19.6 Å². The SMILES string of the molecule is Cc1ccc(CN2CCN(c3c(F)cccc3C(O)c3nccn3C)CC2)cc1. The third kappa shape index (κ3) is 4.18. The Balaban J connectivity index is 1.50. The molecule has 1 aromatic heterocycles. The van der Waals surface area contributed by atoms with Crippen molar-refractivity contribution in [2.75, 3.05) is 31.1 Å². The number of hydrogen-bond acceptors (Lipinski definition) is 4. The fourth-order valence-corrected chi connectivity index (χ4v) is 3.95. The highest BCUT2D eigenvalue weighted by Gasteiger charge is 2.26. The molecular weight excluding hydrogens is 367 g/mol. The van der Waals surface area contributed by atoms with E-state index in [0.717, 1.165) is 19.6 Å². The zero-order chi connectivity index (χ0) is 20.4. The van der Waals surface area contributed by atoms with Crippen molar-refractivity contribution in [3.63, 3.8) is 0 Å². The first-order valence-electron chi connectivity index (χ1n) is 9.99. The van der Waals surface area contributed by atoms with Gasteiger partial charge in [0.2, 0.25) is 0 Å². The number of hydrogen-bond donors (Lipinski definition) is 1. The molecule has 0 amide bonds. The van der Waals surface area contributed by atoms with Crippen LogP contribution in [0.1, 0.15) is 28.6 Å². The fraction of sp³-hybridized carbons (Fsp3) is 0.348. The first-order valence-corrected chi connectivity index (χ1v) is 9.99. The first kappa shape index (κ1) is 19.6. The number of para-hydroxylation sites is 1. The van der Waals surface area contributed by atoms with Crippen LogP contribution in [0.25, 0.3) is 0 Å². The molecule has 1 N–H and O–H groups in total. The molecule has 0 saturated carbocycles. The number of aromatic nitrogens is 2. The van der Waals surface area contributed by atoms with Crippen molar-refractivity contribution in [1.29, 1.82) is 0 Å². The zero-order valence-corrected chi connectivity index (χ0v) is 16.9. The Hall–Kier alpha value is -2.70. The molecular formula is C23H27FN4O. The average molecular weight is 394 g/mol. The molecule has 1 aliphatic rings. The lowest BCUT2D eigenvalue weighted by molar-refractivity contribution is 0.205. The molecule has 3 aromatic rings. The highest BCUT2D eigenvalue weighted by molar-refractivity contribution is 5.57. The van der Waals surface area contributed by atoms with E-state index < -0.39 is 6.10 Å². The van der Waals surface area contributed by atoms with Gasteiger partial charge in [0.1, 0.15) is 17.7 Å². The number of halogens is 1. The topological polar surface area (TPSA) is 44.5 Å². The number of imidazole rings is 1. The van der Waals surface area contributed by atoms with Gasteiger partial charge < -0.3 is 14.6 Å². The van der Waals surface area contributed by atoms with Crippen LogP contribution in [-0.2, 0) is 13.6 Å². The van der Waals surface area contributed by atoms with Gasteiger partial charge in [-0.2, -0.15) is 0 Å². The predicted octanol–water partition coefficient (Wildman–Crippen LogP) is 3.27. The third-order valence-electron chi connectivity index (χ3n) is 5.63. The minimum absolute atomic E-state index is 0.303. The summed E-state index contributed by atoms with van der Waals surface area (Å²) in [6.07, 6.45) is 2.45. The molecule has 1 atom stereocenters. The summed E-state index contributed by atoms with van der Waals surface area (Å²) in [5, 5.41) is 10.9. The normalized spacial score (nSPS) is 16.2. The van der Waals surface area contributed by atoms with E-state index in [1.165, 1.54) is 17.2 Å². The maximum atomic E-state index is 14.8. The van der Waals surface area contributed by atoms with Crippen LogP contribution in [-0.4, -0.2) is 45.7 Å². The Bertz CT molecular complexity index is 961. The highest BCUT2D eigenvalue weighted by atomic mass is 19.1. The summed E-state index contributed by atoms with van der Waals surface area (Å²) in [5.74, 6) is 0.206. The number of aliphatic hydroxyl groups excluding tert-OH is 1. The smallest absolute Gasteiger partial charge is 0.146 e. The Labute approximate surface area is 171 Å². The molecule has 0 spiro atoms. The summed E-state index contributed by atoms with van der Waals surface area (Å²) in [6.45, 7) is 6.11. The second-order valence-electron chi connectivity index (χ2n) is 7.73. The minimum atomic E-state index is -0.966. The number of anilines is 1. The molecule has 1 aliphatic heterocycles. The Morgan fingerprint density at radius 1 is 1.07 bits per heavy atom. The summed E-state index contributed by atoms with van der Waals surface area (Å²) >= 11 is 0. The number of aryl methyl sites for hydroxylation is 2. The molecule has 6 heteroatoms.